The van der Waals surface area contributed by atoms with Crippen molar-refractivity contribution >= 4 is 12.6 Å². The van der Waals surface area contributed by atoms with Crippen LogP contribution in [0.3, 0.4) is 0 Å². The van der Waals surface area contributed by atoms with Crippen molar-refractivity contribution in [2.45, 2.75) is 25.6 Å². The lowest BCUT2D eigenvalue weighted by molar-refractivity contribution is 0.614. The Hall–Kier alpha value is -0.590. The summed E-state index contributed by atoms with van der Waals surface area (Å²) in [5.41, 5.74) is 13.8. The fourth-order valence-corrected chi connectivity index (χ4v) is 1.83. The van der Waals surface area contributed by atoms with E-state index in [0.717, 1.165) is 39.1 Å². The van der Waals surface area contributed by atoms with Crippen LogP contribution in [0.5, 0.6) is 0 Å². The average Bonchev–Trinajstić information content (AvgIpc) is 2.45. The van der Waals surface area contributed by atoms with Crippen molar-refractivity contribution in [3.63, 3.8) is 0 Å². The number of nitrogens with two attached hydrogens (primary N) is 2. The lowest BCUT2D eigenvalue weighted by Gasteiger charge is -2.10. The van der Waals surface area contributed by atoms with Gasteiger partial charge in [0.05, 0.1) is 0 Å². The first kappa shape index (κ1) is 16.5. The van der Waals surface area contributed by atoms with Gasteiger partial charge in [0.15, 0.2) is 0 Å². The van der Waals surface area contributed by atoms with E-state index >= 15 is 0 Å². The summed E-state index contributed by atoms with van der Waals surface area (Å²) in [6.45, 7) is 4.26. The van der Waals surface area contributed by atoms with Crippen LogP contribution < -0.4 is 22.1 Å². The molecule has 0 aromatic heterocycles. The summed E-state index contributed by atoms with van der Waals surface area (Å²) in [5.74, 6) is 0.709. The van der Waals surface area contributed by atoms with Crippen molar-refractivity contribution in [2.75, 3.05) is 25.4 Å². The Bertz CT molecular complexity index is 329. The fraction of sp³-hybridized carbons (Fsp3) is 0.571. The molecule has 108 valence electrons. The maximum Gasteiger partial charge on any atom is 0.0254 e. The number of hydrogen-bond acceptors (Lipinski definition) is 5. The van der Waals surface area contributed by atoms with Gasteiger partial charge in [-0.05, 0) is 30.6 Å². The van der Waals surface area contributed by atoms with E-state index in [1.54, 1.807) is 0 Å². The Morgan fingerprint density at radius 2 is 1.63 bits per heavy atom. The summed E-state index contributed by atoms with van der Waals surface area (Å²) in [7, 11) is 0. The van der Waals surface area contributed by atoms with Crippen LogP contribution in [0.25, 0.3) is 0 Å². The molecule has 1 atom stereocenters. The van der Waals surface area contributed by atoms with E-state index in [1.165, 1.54) is 11.1 Å². The molecule has 6 N–H and O–H groups in total. The highest BCUT2D eigenvalue weighted by Crippen LogP contribution is 2.04. The van der Waals surface area contributed by atoms with Crippen LogP contribution in [0, 0.1) is 0 Å². The molecule has 0 radical (unpaired) electrons. The van der Waals surface area contributed by atoms with Gasteiger partial charge >= 0.3 is 0 Å². The van der Waals surface area contributed by atoms with Crippen LogP contribution in [0.4, 0.5) is 0 Å². The molecule has 0 aliphatic carbocycles. The van der Waals surface area contributed by atoms with Gasteiger partial charge in [0.25, 0.3) is 0 Å². The third-order valence-electron chi connectivity index (χ3n) is 2.88. The Kier molecular flexibility index (Phi) is 8.86. The van der Waals surface area contributed by atoms with Crippen molar-refractivity contribution in [2.24, 2.45) is 11.5 Å². The average molecular weight is 282 g/mol. The largest absolute Gasteiger partial charge is 0.330 e. The highest BCUT2D eigenvalue weighted by atomic mass is 32.1. The molecule has 0 saturated carbocycles. The predicted octanol–water partition coefficient (Wildman–Crippen LogP) is 0.472. The zero-order valence-electron chi connectivity index (χ0n) is 11.4. The van der Waals surface area contributed by atoms with Crippen molar-refractivity contribution in [3.8, 4) is 0 Å². The smallest absolute Gasteiger partial charge is 0.0254 e. The van der Waals surface area contributed by atoms with Crippen LogP contribution in [-0.2, 0) is 13.1 Å². The molecule has 1 aromatic carbocycles. The summed E-state index contributed by atoms with van der Waals surface area (Å²) in [4.78, 5) is 0. The minimum Gasteiger partial charge on any atom is -0.330 e. The lowest BCUT2D eigenvalue weighted by atomic mass is 10.1. The molecule has 0 amide bonds. The second-order valence-corrected chi connectivity index (χ2v) is 5.07. The van der Waals surface area contributed by atoms with Gasteiger partial charge in [-0.2, -0.15) is 12.6 Å². The van der Waals surface area contributed by atoms with Gasteiger partial charge in [0.1, 0.15) is 0 Å². The van der Waals surface area contributed by atoms with Crippen molar-refractivity contribution in [1.82, 2.24) is 10.6 Å². The molecular weight excluding hydrogens is 256 g/mol. The number of benzene rings is 1. The summed E-state index contributed by atoms with van der Waals surface area (Å²) in [6.07, 6.45) is 1.02. The van der Waals surface area contributed by atoms with Crippen LogP contribution in [0.15, 0.2) is 24.3 Å². The molecule has 19 heavy (non-hydrogen) atoms. The van der Waals surface area contributed by atoms with E-state index in [2.05, 4.69) is 47.5 Å². The molecule has 0 bridgehead atoms. The van der Waals surface area contributed by atoms with Crippen LogP contribution in [0.1, 0.15) is 17.5 Å². The molecule has 0 fully saturated rings. The highest BCUT2D eigenvalue weighted by molar-refractivity contribution is 7.80. The zero-order chi connectivity index (χ0) is 13.9. The van der Waals surface area contributed by atoms with Gasteiger partial charge in [-0.15, -0.1) is 0 Å². The number of thiol groups is 1. The molecule has 0 spiro atoms. The van der Waals surface area contributed by atoms with E-state index in [-0.39, 0.29) is 6.04 Å². The molecule has 0 aliphatic rings. The molecule has 4 nitrogen and oxygen atoms in total. The van der Waals surface area contributed by atoms with Gasteiger partial charge < -0.3 is 22.1 Å². The van der Waals surface area contributed by atoms with E-state index in [4.69, 9.17) is 11.5 Å². The third kappa shape index (κ3) is 7.54. The van der Waals surface area contributed by atoms with Gasteiger partial charge in [-0.3, -0.25) is 0 Å². The Morgan fingerprint density at radius 1 is 1.05 bits per heavy atom. The SMILES string of the molecule is NCCCNCc1ccc(CNCC(N)CS)cc1. The highest BCUT2D eigenvalue weighted by Gasteiger charge is 1.99. The Labute approximate surface area is 121 Å². The number of rotatable bonds is 10. The van der Waals surface area contributed by atoms with Gasteiger partial charge in [-0.1, -0.05) is 24.3 Å². The quantitative estimate of drug-likeness (QED) is 0.319. The Morgan fingerprint density at radius 3 is 2.16 bits per heavy atom. The molecule has 0 aliphatic heterocycles. The maximum absolute atomic E-state index is 5.78. The monoisotopic (exact) mass is 282 g/mol. The first-order chi connectivity index (χ1) is 9.26. The Balaban J connectivity index is 2.23. The van der Waals surface area contributed by atoms with Gasteiger partial charge in [-0.25, -0.2) is 0 Å². The van der Waals surface area contributed by atoms with E-state index < -0.39 is 0 Å². The van der Waals surface area contributed by atoms with E-state index in [1.807, 2.05) is 0 Å². The number of hydrogen-bond donors (Lipinski definition) is 5. The normalized spacial score (nSPS) is 12.6. The summed E-state index contributed by atoms with van der Waals surface area (Å²) in [6, 6.07) is 8.74. The van der Waals surface area contributed by atoms with Crippen LogP contribution in [0.2, 0.25) is 0 Å². The van der Waals surface area contributed by atoms with Crippen LogP contribution >= 0.6 is 12.6 Å². The summed E-state index contributed by atoms with van der Waals surface area (Å²) < 4.78 is 0. The molecule has 1 aromatic rings. The first-order valence-electron chi connectivity index (χ1n) is 6.82. The second kappa shape index (κ2) is 10.2. The third-order valence-corrected chi connectivity index (χ3v) is 3.35. The molecular formula is C14H26N4S. The fourth-order valence-electron chi connectivity index (χ4n) is 1.70. The standard InChI is InChI=1S/C14H26N4S/c15-6-1-7-17-8-12-2-4-13(5-3-12)9-18-10-14(16)11-19/h2-5,14,17-19H,1,6-11,15-16H2. The summed E-state index contributed by atoms with van der Waals surface area (Å²) >= 11 is 4.16. The van der Waals surface area contributed by atoms with E-state index in [0.29, 0.717) is 5.75 Å². The molecule has 0 heterocycles. The number of nitrogens with one attached hydrogen (secondary N) is 2. The lowest BCUT2D eigenvalue weighted by Crippen LogP contribution is -2.34. The topological polar surface area (TPSA) is 76.1 Å². The van der Waals surface area contributed by atoms with Crippen molar-refractivity contribution in [1.29, 1.82) is 0 Å². The minimum atomic E-state index is 0.120. The predicted molar refractivity (Wildman–Crippen MR) is 85.4 cm³/mol. The van der Waals surface area contributed by atoms with Gasteiger partial charge in [0.2, 0.25) is 0 Å². The molecule has 5 heteroatoms. The molecule has 0 saturated heterocycles. The molecule has 1 unspecified atom stereocenters. The van der Waals surface area contributed by atoms with Crippen molar-refractivity contribution < 1.29 is 0 Å². The zero-order valence-corrected chi connectivity index (χ0v) is 12.3. The summed E-state index contributed by atoms with van der Waals surface area (Å²) in [5, 5.41) is 6.70. The maximum atomic E-state index is 5.78. The van der Waals surface area contributed by atoms with Crippen molar-refractivity contribution in [3.05, 3.63) is 35.4 Å². The molecule has 1 rings (SSSR count). The van der Waals surface area contributed by atoms with Crippen LogP contribution in [-0.4, -0.2) is 31.4 Å². The van der Waals surface area contributed by atoms with E-state index in [9.17, 15) is 0 Å². The second-order valence-electron chi connectivity index (χ2n) is 4.71. The minimum absolute atomic E-state index is 0.120. The first-order valence-corrected chi connectivity index (χ1v) is 7.45. The van der Waals surface area contributed by atoms with Gasteiger partial charge in [0, 0.05) is 31.4 Å².